The lowest BCUT2D eigenvalue weighted by atomic mass is 9.74. The van der Waals surface area contributed by atoms with Crippen LogP contribution in [0, 0.1) is 11.8 Å². The number of rotatable bonds is 13. The molecule has 0 bridgehead atoms. The summed E-state index contributed by atoms with van der Waals surface area (Å²) in [6.07, 6.45) is 11.7. The van der Waals surface area contributed by atoms with Gasteiger partial charge in [0.2, 0.25) is 0 Å². The van der Waals surface area contributed by atoms with E-state index in [0.29, 0.717) is 12.1 Å². The van der Waals surface area contributed by atoms with E-state index in [1.807, 2.05) is 0 Å². The summed E-state index contributed by atoms with van der Waals surface area (Å²) in [4.78, 5) is 0. The van der Waals surface area contributed by atoms with Crippen LogP contribution in [0.25, 0.3) is 0 Å². The molecule has 2 saturated carbocycles. The molecule has 0 spiro atoms. The third-order valence-electron chi connectivity index (χ3n) is 6.07. The molecule has 8 heteroatoms. The van der Waals surface area contributed by atoms with E-state index in [2.05, 4.69) is 10.6 Å². The van der Waals surface area contributed by atoms with Gasteiger partial charge in [-0.15, -0.1) is 0 Å². The normalized spacial score (nSPS) is 25.4. The second kappa shape index (κ2) is 21.9. The molecule has 182 valence electrons. The third-order valence-corrected chi connectivity index (χ3v) is 6.07. The molecular weight excluding hydrogens is 376 g/mol. The van der Waals surface area contributed by atoms with Crippen LogP contribution in [0.2, 0.25) is 0 Å². The van der Waals surface area contributed by atoms with E-state index in [9.17, 15) is 0 Å². The third kappa shape index (κ3) is 17.4. The van der Waals surface area contributed by atoms with Gasteiger partial charge in [0.15, 0.2) is 0 Å². The minimum Gasteiger partial charge on any atom is -0.330 e. The van der Waals surface area contributed by atoms with Gasteiger partial charge in [0.25, 0.3) is 0 Å². The zero-order chi connectivity index (χ0) is 22.5. The van der Waals surface area contributed by atoms with Gasteiger partial charge in [0.1, 0.15) is 0 Å². The Bertz CT molecular complexity index is 301. The van der Waals surface area contributed by atoms with Crippen LogP contribution >= 0.6 is 0 Å². The SMILES string of the molecule is NC1CCC(N)CC1.NCC1CCC1CN.NCCCNCCCCNCCCN. The van der Waals surface area contributed by atoms with Gasteiger partial charge in [-0.2, -0.15) is 0 Å². The Kier molecular flexibility index (Phi) is 21.7. The molecule has 30 heavy (non-hydrogen) atoms. The molecule has 2 aliphatic rings. The van der Waals surface area contributed by atoms with Crippen molar-refractivity contribution in [1.29, 1.82) is 0 Å². The van der Waals surface area contributed by atoms with Crippen molar-refractivity contribution in [1.82, 2.24) is 10.6 Å². The van der Waals surface area contributed by atoms with E-state index in [1.54, 1.807) is 0 Å². The summed E-state index contributed by atoms with van der Waals surface area (Å²) in [7, 11) is 0. The number of nitrogens with two attached hydrogens (primary N) is 6. The van der Waals surface area contributed by atoms with Crippen LogP contribution in [0.3, 0.4) is 0 Å². The standard InChI is InChI=1S/C10H26N4.2C6H14N2/c11-5-3-9-13-7-1-2-8-14-10-4-6-12;7-3-5-1-2-6(5)4-8;7-5-1-2-6(8)4-3-5/h13-14H,1-12H2;2*5-6H,1-4,7-8H2. The van der Waals surface area contributed by atoms with Crippen molar-refractivity contribution in [2.45, 2.75) is 76.3 Å². The monoisotopic (exact) mass is 430 g/mol. The first-order valence-electron chi connectivity index (χ1n) is 12.3. The molecule has 14 N–H and O–H groups in total. The summed E-state index contributed by atoms with van der Waals surface area (Å²) in [6.45, 7) is 7.57. The molecule has 0 heterocycles. The highest BCUT2D eigenvalue weighted by Crippen LogP contribution is 2.31. The summed E-state index contributed by atoms with van der Waals surface area (Å²) in [6, 6.07) is 0.879. The molecule has 0 aromatic rings. The largest absolute Gasteiger partial charge is 0.330 e. The first-order valence-corrected chi connectivity index (χ1v) is 12.3. The van der Waals surface area contributed by atoms with Gasteiger partial charge in [-0.3, -0.25) is 0 Å². The Labute approximate surface area is 186 Å². The predicted molar refractivity (Wildman–Crippen MR) is 131 cm³/mol. The summed E-state index contributed by atoms with van der Waals surface area (Å²) >= 11 is 0. The molecule has 2 aliphatic carbocycles. The van der Waals surface area contributed by atoms with Gasteiger partial charge in [-0.1, -0.05) is 0 Å². The van der Waals surface area contributed by atoms with Gasteiger partial charge in [0, 0.05) is 12.1 Å². The maximum Gasteiger partial charge on any atom is 0.00399 e. The molecule has 0 amide bonds. The molecular formula is C22H54N8. The van der Waals surface area contributed by atoms with Gasteiger partial charge < -0.3 is 45.0 Å². The fraction of sp³-hybridized carbons (Fsp3) is 1.00. The number of nitrogens with one attached hydrogen (secondary N) is 2. The van der Waals surface area contributed by atoms with Crippen molar-refractivity contribution in [3.8, 4) is 0 Å². The van der Waals surface area contributed by atoms with Crippen molar-refractivity contribution in [3.05, 3.63) is 0 Å². The van der Waals surface area contributed by atoms with Gasteiger partial charge in [0.05, 0.1) is 0 Å². The summed E-state index contributed by atoms with van der Waals surface area (Å²) in [5.41, 5.74) is 32.9. The molecule has 2 unspecified atom stereocenters. The molecule has 2 rings (SSSR count). The number of hydrogen-bond donors (Lipinski definition) is 8. The molecule has 0 aliphatic heterocycles. The Morgan fingerprint density at radius 2 is 0.833 bits per heavy atom. The minimum atomic E-state index is 0.440. The Morgan fingerprint density at radius 1 is 0.500 bits per heavy atom. The molecule has 2 fully saturated rings. The van der Waals surface area contributed by atoms with Crippen molar-refractivity contribution >= 4 is 0 Å². The lowest BCUT2D eigenvalue weighted by Gasteiger charge is -2.34. The summed E-state index contributed by atoms with van der Waals surface area (Å²) < 4.78 is 0. The van der Waals surface area contributed by atoms with Gasteiger partial charge in [-0.25, -0.2) is 0 Å². The van der Waals surface area contributed by atoms with E-state index in [4.69, 9.17) is 34.4 Å². The number of unbranched alkanes of at least 4 members (excludes halogenated alkanes) is 1. The quantitative estimate of drug-likeness (QED) is 0.185. The highest BCUT2D eigenvalue weighted by molar-refractivity contribution is 4.81. The Hall–Kier alpha value is -0.320. The first-order chi connectivity index (χ1) is 14.6. The van der Waals surface area contributed by atoms with E-state index in [0.717, 1.165) is 103 Å². The average molecular weight is 431 g/mol. The minimum absolute atomic E-state index is 0.440. The van der Waals surface area contributed by atoms with Crippen LogP contribution in [0.4, 0.5) is 0 Å². The van der Waals surface area contributed by atoms with Crippen LogP contribution in [0.1, 0.15) is 64.2 Å². The fourth-order valence-electron chi connectivity index (χ4n) is 3.61. The van der Waals surface area contributed by atoms with E-state index >= 15 is 0 Å². The van der Waals surface area contributed by atoms with E-state index in [1.165, 1.54) is 25.7 Å². The van der Waals surface area contributed by atoms with Crippen LogP contribution in [0.5, 0.6) is 0 Å². The molecule has 0 aromatic heterocycles. The number of hydrogen-bond acceptors (Lipinski definition) is 8. The van der Waals surface area contributed by atoms with Crippen LogP contribution in [-0.4, -0.2) is 64.4 Å². The van der Waals surface area contributed by atoms with E-state index in [-0.39, 0.29) is 0 Å². The Morgan fingerprint density at radius 3 is 1.10 bits per heavy atom. The van der Waals surface area contributed by atoms with Gasteiger partial charge in [-0.05, 0) is 128 Å². The fourth-order valence-corrected chi connectivity index (χ4v) is 3.61. The Balaban J connectivity index is 0.000000447. The van der Waals surface area contributed by atoms with E-state index < -0.39 is 0 Å². The molecule has 8 nitrogen and oxygen atoms in total. The lowest BCUT2D eigenvalue weighted by Crippen LogP contribution is -2.36. The zero-order valence-electron chi connectivity index (χ0n) is 19.5. The summed E-state index contributed by atoms with van der Waals surface area (Å²) in [5, 5.41) is 6.72. The molecule has 0 radical (unpaired) electrons. The molecule has 0 aromatic carbocycles. The smallest absolute Gasteiger partial charge is 0.00399 e. The molecule has 0 saturated heterocycles. The second-order valence-corrected chi connectivity index (χ2v) is 8.74. The van der Waals surface area contributed by atoms with Crippen LogP contribution < -0.4 is 45.0 Å². The first kappa shape index (κ1) is 29.7. The van der Waals surface area contributed by atoms with Crippen LogP contribution in [-0.2, 0) is 0 Å². The lowest BCUT2D eigenvalue weighted by molar-refractivity contribution is 0.192. The maximum absolute atomic E-state index is 5.64. The predicted octanol–water partition coefficient (Wildman–Crippen LogP) is -0.212. The maximum atomic E-state index is 5.64. The van der Waals surface area contributed by atoms with Crippen molar-refractivity contribution in [3.63, 3.8) is 0 Å². The molecule has 2 atom stereocenters. The highest BCUT2D eigenvalue weighted by Gasteiger charge is 2.27. The van der Waals surface area contributed by atoms with Gasteiger partial charge >= 0.3 is 0 Å². The van der Waals surface area contributed by atoms with Crippen LogP contribution in [0.15, 0.2) is 0 Å². The highest BCUT2D eigenvalue weighted by atomic mass is 14.9. The van der Waals surface area contributed by atoms with Crippen molar-refractivity contribution < 1.29 is 0 Å². The summed E-state index contributed by atoms with van der Waals surface area (Å²) in [5.74, 6) is 1.50. The topological polar surface area (TPSA) is 180 Å². The van der Waals surface area contributed by atoms with Crippen molar-refractivity contribution in [2.24, 2.45) is 46.2 Å². The second-order valence-electron chi connectivity index (χ2n) is 8.74. The average Bonchev–Trinajstić information content (AvgIpc) is 2.73. The van der Waals surface area contributed by atoms with Crippen molar-refractivity contribution in [2.75, 3.05) is 52.4 Å². The zero-order valence-corrected chi connectivity index (χ0v) is 19.5.